The van der Waals surface area contributed by atoms with E-state index >= 15 is 0 Å². The zero-order chi connectivity index (χ0) is 22.6. The second-order valence-corrected chi connectivity index (χ2v) is 2.42. The van der Waals surface area contributed by atoms with Crippen molar-refractivity contribution in [3.05, 3.63) is 39.4 Å². The van der Waals surface area contributed by atoms with Gasteiger partial charge >= 0.3 is 17.1 Å². The van der Waals surface area contributed by atoms with Crippen LogP contribution in [0.5, 0.6) is 0 Å². The Kier molecular flexibility index (Phi) is 363. The van der Waals surface area contributed by atoms with E-state index in [0.717, 1.165) is 0 Å². The van der Waals surface area contributed by atoms with Gasteiger partial charge in [0.15, 0.2) is 0 Å². The van der Waals surface area contributed by atoms with Gasteiger partial charge in [0, 0.05) is 24.8 Å². The molecule has 0 atom stereocenters. The van der Waals surface area contributed by atoms with Crippen molar-refractivity contribution in [3.8, 4) is 0 Å². The molecule has 0 bridgehead atoms. The summed E-state index contributed by atoms with van der Waals surface area (Å²) in [6, 6.07) is 0. The predicted octanol–water partition coefficient (Wildman–Crippen LogP) is -2.42. The fourth-order valence-electron chi connectivity index (χ4n) is 0.684. The summed E-state index contributed by atoms with van der Waals surface area (Å²) in [5.74, 6) is -5.98. The normalized spacial score (nSPS) is 4.78. The van der Waals surface area contributed by atoms with E-state index in [1.54, 1.807) is 0 Å². The van der Waals surface area contributed by atoms with Crippen LogP contribution in [-0.4, -0.2) is 28.6 Å². The van der Waals surface area contributed by atoms with Crippen LogP contribution in [-0.2, 0) is 31.5 Å². The van der Waals surface area contributed by atoms with Gasteiger partial charge in [-0.25, -0.2) is 0 Å². The number of carboxylic acid groups (broad SMARTS) is 3. The van der Waals surface area contributed by atoms with Gasteiger partial charge in [0.1, 0.15) is 5.60 Å². The van der Waals surface area contributed by atoms with Gasteiger partial charge in [0.05, 0.1) is 5.97 Å². The minimum absolute atomic E-state index is 0. The average molecular weight is 509 g/mol. The smallest absolute Gasteiger partial charge is 0.550 e. The summed E-state index contributed by atoms with van der Waals surface area (Å²) in [6.45, 7) is 28.5. The number of hydrogen-bond acceptors (Lipinski definition) is 13. The number of carbonyl (C=O) groups is 3. The Balaban J connectivity index is -0.0000000125. The number of hydrogen-bond donors (Lipinski definition) is 7. The van der Waals surface area contributed by atoms with Gasteiger partial charge < -0.3 is 143 Å². The summed E-state index contributed by atoms with van der Waals surface area (Å²) in [7, 11) is 0. The number of rotatable bonds is 5. The number of carbonyl (C=O) groups excluding carboxylic acids is 3. The third kappa shape index (κ3) is 115. The zero-order valence-electron chi connectivity index (χ0n) is 18.3. The molecule has 0 heterocycles. The van der Waals surface area contributed by atoms with Gasteiger partial charge in [-0.3, -0.25) is 0 Å². The SMILES string of the molecule is O=C([O-])CC(O)(CC(=O)[O-])C(=O)[O-].[C-]#N.[C-]#N.[C-]#N.[C-]#N.[C-]#N.[C-]#N.[Fe+3].[NH4+].[NH4+].[NH4+].[NH4+].[NH4+].[NH4+]. The van der Waals surface area contributed by atoms with E-state index in [9.17, 15) is 29.7 Å². The molecule has 0 amide bonds. The van der Waals surface area contributed by atoms with Crippen LogP contribution in [0.4, 0.5) is 0 Å². The maximum atomic E-state index is 10.1. The van der Waals surface area contributed by atoms with Crippen LogP contribution in [0.1, 0.15) is 12.8 Å². The Morgan fingerprint density at radius 2 is 0.688 bits per heavy atom. The molecule has 0 aromatic carbocycles. The minimum atomic E-state index is -2.97. The first-order valence-corrected chi connectivity index (χ1v) is 4.45. The standard InChI is InChI=1S/C6H8O7.6CN.Fe.6H3N/c7-3(8)1-6(13,5(11)12)2-4(9)10;6*1-2;;;;;;;/h13H,1-2H2,(H,7,8)(H,9,10)(H,11,12);;;;;;;;6*1H3/q;6*-1;+3;;;;;;/p+3. The van der Waals surface area contributed by atoms with E-state index in [1.165, 1.54) is 0 Å². The monoisotopic (exact) mass is 509 g/mol. The van der Waals surface area contributed by atoms with E-state index in [0.29, 0.717) is 0 Å². The Labute approximate surface area is 196 Å². The number of aliphatic hydroxyl groups is 1. The van der Waals surface area contributed by atoms with Crippen LogP contribution in [0.3, 0.4) is 0 Å². The molecular formula is C12H29FeN12O7. The third-order valence-corrected chi connectivity index (χ3v) is 1.25. The largest absolute Gasteiger partial charge is 3.00 e. The molecule has 19 nitrogen and oxygen atoms in total. The summed E-state index contributed by atoms with van der Waals surface area (Å²) in [5, 5.41) is 76.4. The van der Waals surface area contributed by atoms with Crippen LogP contribution in [0.15, 0.2) is 0 Å². The molecular weight excluding hydrogens is 480 g/mol. The molecule has 0 aromatic rings. The minimum Gasteiger partial charge on any atom is -0.550 e. The van der Waals surface area contributed by atoms with Crippen LogP contribution in [0.2, 0.25) is 0 Å². The van der Waals surface area contributed by atoms with Crippen molar-refractivity contribution in [2.75, 3.05) is 0 Å². The molecule has 0 saturated carbocycles. The summed E-state index contributed by atoms with van der Waals surface area (Å²) >= 11 is 0. The number of nitrogens with zero attached hydrogens (tertiary/aromatic N) is 6. The van der Waals surface area contributed by atoms with E-state index in [-0.39, 0.29) is 54.0 Å². The topological polar surface area (TPSA) is 502 Å². The first-order valence-electron chi connectivity index (χ1n) is 4.45. The molecule has 0 aliphatic heterocycles. The Morgan fingerprint density at radius 1 is 0.562 bits per heavy atom. The molecule has 0 aliphatic rings. The zero-order valence-corrected chi connectivity index (χ0v) is 19.5. The quantitative estimate of drug-likeness (QED) is 0.150. The summed E-state index contributed by atoms with van der Waals surface area (Å²) < 4.78 is 0. The molecule has 25 N–H and O–H groups in total. The van der Waals surface area contributed by atoms with Crippen molar-refractivity contribution in [1.29, 1.82) is 31.6 Å². The van der Waals surface area contributed by atoms with Gasteiger partial charge in [0.25, 0.3) is 0 Å². The van der Waals surface area contributed by atoms with Crippen molar-refractivity contribution in [3.63, 3.8) is 0 Å². The summed E-state index contributed by atoms with van der Waals surface area (Å²) in [6.07, 6.45) is -2.72. The number of carboxylic acids is 3. The van der Waals surface area contributed by atoms with Crippen LogP contribution < -0.4 is 52.2 Å². The molecule has 0 unspecified atom stereocenters. The van der Waals surface area contributed by atoms with E-state index < -0.39 is 36.4 Å². The van der Waals surface area contributed by atoms with Crippen molar-refractivity contribution in [2.45, 2.75) is 18.4 Å². The first-order chi connectivity index (χ1) is 11.8. The molecule has 0 saturated heterocycles. The second-order valence-electron chi connectivity index (χ2n) is 2.42. The molecule has 0 rings (SSSR count). The van der Waals surface area contributed by atoms with Crippen molar-refractivity contribution in [2.24, 2.45) is 0 Å². The van der Waals surface area contributed by atoms with Crippen LogP contribution in [0, 0.1) is 71.0 Å². The third-order valence-electron chi connectivity index (χ3n) is 1.25. The fraction of sp³-hybridized carbons (Fsp3) is 0.250. The predicted molar refractivity (Wildman–Crippen MR) is 94.9 cm³/mol. The molecule has 187 valence electrons. The van der Waals surface area contributed by atoms with Gasteiger partial charge in [-0.05, 0) is 0 Å². The first kappa shape index (κ1) is 106. The van der Waals surface area contributed by atoms with E-state index in [1.807, 2.05) is 0 Å². The molecule has 32 heavy (non-hydrogen) atoms. The van der Waals surface area contributed by atoms with Gasteiger partial charge in [-0.15, -0.1) is 0 Å². The van der Waals surface area contributed by atoms with E-state index in [4.69, 9.17) is 76.1 Å². The Morgan fingerprint density at radius 3 is 0.750 bits per heavy atom. The van der Waals surface area contributed by atoms with Crippen LogP contribution in [0.25, 0.3) is 0 Å². The van der Waals surface area contributed by atoms with Crippen molar-refractivity contribution < 1.29 is 51.9 Å². The number of quaternary nitrogens is 6. The number of aliphatic carboxylic acids is 3. The maximum Gasteiger partial charge on any atom is 3.00 e. The maximum absolute atomic E-state index is 10.1. The molecule has 0 fully saturated rings. The van der Waals surface area contributed by atoms with Crippen molar-refractivity contribution in [1.82, 2.24) is 36.9 Å². The van der Waals surface area contributed by atoms with Crippen molar-refractivity contribution >= 4 is 17.9 Å². The molecule has 0 spiro atoms. The van der Waals surface area contributed by atoms with Gasteiger partial charge in [-0.1, -0.05) is 0 Å². The molecule has 1 radical (unpaired) electrons. The molecule has 0 aliphatic carbocycles. The molecule has 0 aromatic heterocycles. The fourth-order valence-corrected chi connectivity index (χ4v) is 0.684. The van der Waals surface area contributed by atoms with E-state index in [2.05, 4.69) is 0 Å². The van der Waals surface area contributed by atoms with Crippen LogP contribution >= 0.6 is 0 Å². The van der Waals surface area contributed by atoms with Gasteiger partial charge in [0.2, 0.25) is 0 Å². The molecule has 20 heteroatoms. The summed E-state index contributed by atoms with van der Waals surface area (Å²) in [4.78, 5) is 30.0. The second kappa shape index (κ2) is 110. The average Bonchev–Trinajstić information content (AvgIpc) is 2.64. The van der Waals surface area contributed by atoms with Gasteiger partial charge in [-0.2, -0.15) is 0 Å². The Bertz CT molecular complexity index is 430. The summed E-state index contributed by atoms with van der Waals surface area (Å²) in [5.41, 5.74) is -2.97. The Hall–Kier alpha value is -4.41.